The van der Waals surface area contributed by atoms with Crippen molar-refractivity contribution >= 4 is 10.0 Å². The third kappa shape index (κ3) is 4.22. The van der Waals surface area contributed by atoms with Crippen molar-refractivity contribution in [3.05, 3.63) is 45.2 Å². The molecule has 1 aliphatic carbocycles. The molecule has 2 aromatic rings. The topological polar surface area (TPSA) is 72.3 Å². The van der Waals surface area contributed by atoms with E-state index in [2.05, 4.69) is 5.10 Å². The van der Waals surface area contributed by atoms with Crippen molar-refractivity contribution in [1.29, 1.82) is 0 Å². The monoisotopic (exact) mass is 443 g/mol. The Morgan fingerprint density at radius 1 is 0.935 bits per heavy atom. The van der Waals surface area contributed by atoms with Gasteiger partial charge in [-0.3, -0.25) is 4.79 Å². The first-order valence-electron chi connectivity index (χ1n) is 11.7. The molecule has 0 radical (unpaired) electrons. The van der Waals surface area contributed by atoms with Gasteiger partial charge in [-0.1, -0.05) is 31.9 Å². The molecule has 0 amide bonds. The quantitative estimate of drug-likeness (QED) is 0.702. The van der Waals surface area contributed by atoms with Crippen molar-refractivity contribution < 1.29 is 8.42 Å². The fourth-order valence-electron chi connectivity index (χ4n) is 4.89. The minimum absolute atomic E-state index is 0.00328. The minimum atomic E-state index is -3.57. The molecule has 0 saturated carbocycles. The average Bonchev–Trinajstić information content (AvgIpc) is 3.09. The first kappa shape index (κ1) is 22.2. The third-order valence-electron chi connectivity index (χ3n) is 6.67. The summed E-state index contributed by atoms with van der Waals surface area (Å²) >= 11 is 0. The maximum absolute atomic E-state index is 13.6. The van der Waals surface area contributed by atoms with Crippen molar-refractivity contribution in [2.75, 3.05) is 13.1 Å². The number of benzene rings is 1. The summed E-state index contributed by atoms with van der Waals surface area (Å²) in [5, 5.41) is 4.68. The zero-order valence-electron chi connectivity index (χ0n) is 18.7. The molecule has 31 heavy (non-hydrogen) atoms. The van der Waals surface area contributed by atoms with Crippen LogP contribution in [0.3, 0.4) is 0 Å². The maximum Gasteiger partial charge on any atom is 0.270 e. The van der Waals surface area contributed by atoms with E-state index >= 15 is 0 Å². The van der Waals surface area contributed by atoms with Gasteiger partial charge in [0.05, 0.1) is 10.6 Å². The third-order valence-corrected chi connectivity index (χ3v) is 8.65. The number of aryl methyl sites for hydroxylation is 2. The maximum atomic E-state index is 13.6. The van der Waals surface area contributed by atoms with Crippen molar-refractivity contribution in [3.8, 4) is 11.3 Å². The number of nitrogens with zero attached hydrogens (tertiary/aromatic N) is 3. The van der Waals surface area contributed by atoms with E-state index in [9.17, 15) is 13.2 Å². The fourth-order valence-corrected chi connectivity index (χ4v) is 6.72. The van der Waals surface area contributed by atoms with Gasteiger partial charge in [0, 0.05) is 30.8 Å². The molecule has 4 rings (SSSR count). The molecule has 0 unspecified atom stereocenters. The van der Waals surface area contributed by atoms with Gasteiger partial charge in [-0.05, 0) is 69.1 Å². The molecule has 1 aromatic heterocycles. The summed E-state index contributed by atoms with van der Waals surface area (Å²) in [4.78, 5) is 13.2. The van der Waals surface area contributed by atoms with Crippen LogP contribution in [0, 0.1) is 0 Å². The molecule has 0 spiro atoms. The van der Waals surface area contributed by atoms with Crippen LogP contribution in [0.25, 0.3) is 11.3 Å². The van der Waals surface area contributed by atoms with Crippen molar-refractivity contribution in [2.45, 2.75) is 83.1 Å². The van der Waals surface area contributed by atoms with Gasteiger partial charge in [-0.2, -0.15) is 9.40 Å². The normalized spacial score (nSPS) is 17.9. The predicted molar refractivity (Wildman–Crippen MR) is 123 cm³/mol. The lowest BCUT2D eigenvalue weighted by Crippen LogP contribution is -2.32. The number of sulfonamides is 1. The molecule has 0 bridgehead atoms. The Hall–Kier alpha value is -1.99. The molecule has 2 heterocycles. The molecular weight excluding hydrogens is 410 g/mol. The Balaban J connectivity index is 1.86. The molecule has 0 N–H and O–H groups in total. The molecule has 7 heteroatoms. The van der Waals surface area contributed by atoms with Gasteiger partial charge in [-0.25, -0.2) is 13.1 Å². The largest absolute Gasteiger partial charge is 0.270 e. The first-order valence-corrected chi connectivity index (χ1v) is 13.2. The predicted octanol–water partition coefficient (Wildman–Crippen LogP) is 3.94. The minimum Gasteiger partial charge on any atom is -0.267 e. The summed E-state index contributed by atoms with van der Waals surface area (Å²) in [6, 6.07) is 5.71. The van der Waals surface area contributed by atoms with E-state index in [1.54, 1.807) is 10.4 Å². The summed E-state index contributed by atoms with van der Waals surface area (Å²) in [5.41, 5.74) is 4.27. The Morgan fingerprint density at radius 3 is 2.26 bits per heavy atom. The van der Waals surface area contributed by atoms with Gasteiger partial charge in [-0.15, -0.1) is 0 Å². The highest BCUT2D eigenvalue weighted by Gasteiger charge is 2.29. The lowest BCUT2D eigenvalue weighted by molar-refractivity contribution is 0.423. The molecule has 0 atom stereocenters. The lowest BCUT2D eigenvalue weighted by Gasteiger charge is -2.23. The first-order chi connectivity index (χ1) is 15.0. The van der Waals surface area contributed by atoms with Crippen molar-refractivity contribution in [2.24, 2.45) is 0 Å². The van der Waals surface area contributed by atoms with Crippen molar-refractivity contribution in [3.63, 3.8) is 0 Å². The van der Waals surface area contributed by atoms with E-state index in [1.165, 1.54) is 4.68 Å². The van der Waals surface area contributed by atoms with Crippen LogP contribution in [-0.4, -0.2) is 35.6 Å². The SMILES string of the molecule is CCc1ccc(-c2nn(CC)c(=O)c3c2CCCC3)cc1S(=O)(=O)N1CCCCCC1. The summed E-state index contributed by atoms with van der Waals surface area (Å²) in [6.45, 7) is 5.59. The van der Waals surface area contributed by atoms with Crippen LogP contribution in [0.15, 0.2) is 27.9 Å². The van der Waals surface area contributed by atoms with E-state index in [-0.39, 0.29) is 5.56 Å². The van der Waals surface area contributed by atoms with Crippen LogP contribution < -0.4 is 5.56 Å². The van der Waals surface area contributed by atoms with Gasteiger partial charge in [0.2, 0.25) is 10.0 Å². The molecule has 168 valence electrons. The van der Waals surface area contributed by atoms with Gasteiger partial charge >= 0.3 is 0 Å². The molecular formula is C24H33N3O3S. The molecule has 1 fully saturated rings. The van der Waals surface area contributed by atoms with Crippen LogP contribution in [0.1, 0.15) is 69.1 Å². The molecule has 1 saturated heterocycles. The highest BCUT2D eigenvalue weighted by molar-refractivity contribution is 7.89. The summed E-state index contributed by atoms with van der Waals surface area (Å²) < 4.78 is 30.4. The number of fused-ring (bicyclic) bond motifs is 1. The van der Waals surface area contributed by atoms with Crippen LogP contribution in [0.5, 0.6) is 0 Å². The van der Waals surface area contributed by atoms with Gasteiger partial charge in [0.25, 0.3) is 5.56 Å². The average molecular weight is 444 g/mol. The van der Waals surface area contributed by atoms with Crippen LogP contribution in [0.4, 0.5) is 0 Å². The lowest BCUT2D eigenvalue weighted by atomic mass is 9.89. The Morgan fingerprint density at radius 2 is 1.61 bits per heavy atom. The molecule has 1 aromatic carbocycles. The second-order valence-corrected chi connectivity index (χ2v) is 10.5. The van der Waals surface area contributed by atoms with Gasteiger partial charge < -0.3 is 0 Å². The number of rotatable bonds is 5. The molecule has 6 nitrogen and oxygen atoms in total. The highest BCUT2D eigenvalue weighted by Crippen LogP contribution is 2.32. The number of hydrogen-bond donors (Lipinski definition) is 0. The zero-order chi connectivity index (χ0) is 22.0. The smallest absolute Gasteiger partial charge is 0.267 e. The fraction of sp³-hybridized carbons (Fsp3) is 0.583. The molecule has 1 aliphatic heterocycles. The summed E-state index contributed by atoms with van der Waals surface area (Å²) in [7, 11) is -3.57. The molecule has 2 aliphatic rings. The Labute approximate surface area is 185 Å². The number of hydrogen-bond acceptors (Lipinski definition) is 4. The highest BCUT2D eigenvalue weighted by atomic mass is 32.2. The summed E-state index contributed by atoms with van der Waals surface area (Å²) in [6.07, 6.45) is 8.29. The van der Waals surface area contributed by atoms with Gasteiger partial charge in [0.15, 0.2) is 0 Å². The van der Waals surface area contributed by atoms with E-state index < -0.39 is 10.0 Å². The van der Waals surface area contributed by atoms with E-state index in [0.29, 0.717) is 31.0 Å². The van der Waals surface area contributed by atoms with E-state index in [1.807, 2.05) is 26.0 Å². The summed E-state index contributed by atoms with van der Waals surface area (Å²) in [5.74, 6) is 0. The van der Waals surface area contributed by atoms with Crippen molar-refractivity contribution in [1.82, 2.24) is 14.1 Å². The standard InChI is InChI=1S/C24H33N3O3S/c1-3-18-13-14-19(17-22(18)31(29,30)26-15-9-5-6-10-16-26)23-20-11-7-8-12-21(20)24(28)27(4-2)25-23/h13-14,17H,3-12,15-16H2,1-2H3. The van der Waals surface area contributed by atoms with E-state index in [0.717, 1.165) is 79.3 Å². The Bertz CT molecular complexity index is 1110. The van der Waals surface area contributed by atoms with Crippen LogP contribution >= 0.6 is 0 Å². The number of aromatic nitrogens is 2. The Kier molecular flexibility index (Phi) is 6.63. The van der Waals surface area contributed by atoms with E-state index in [4.69, 9.17) is 0 Å². The van der Waals surface area contributed by atoms with Gasteiger partial charge in [0.1, 0.15) is 0 Å². The second-order valence-electron chi connectivity index (χ2n) is 8.63. The van der Waals surface area contributed by atoms with Crippen LogP contribution in [0.2, 0.25) is 0 Å². The van der Waals surface area contributed by atoms with Crippen LogP contribution in [-0.2, 0) is 35.8 Å². The second kappa shape index (κ2) is 9.25. The zero-order valence-corrected chi connectivity index (χ0v) is 19.5.